The number of amides is 1. The van der Waals surface area contributed by atoms with E-state index < -0.39 is 16.9 Å². The summed E-state index contributed by atoms with van der Waals surface area (Å²) in [6.45, 7) is 6.40. The summed E-state index contributed by atoms with van der Waals surface area (Å²) >= 11 is 0. The Labute approximate surface area is 95.6 Å². The van der Waals surface area contributed by atoms with E-state index >= 15 is 0 Å². The number of carbonyl (C=O) groups is 2. The van der Waals surface area contributed by atoms with E-state index in [0.29, 0.717) is 6.54 Å². The fourth-order valence-corrected chi connectivity index (χ4v) is 1.87. The molecule has 0 bridgehead atoms. The summed E-state index contributed by atoms with van der Waals surface area (Å²) in [5.74, 6) is -1.18. The van der Waals surface area contributed by atoms with Crippen molar-refractivity contribution in [3.05, 3.63) is 0 Å². The standard InChI is InChI=1S/C11H20N2O3/c1-4-11(5-6-12-7-11)8(14)13-10(2,3)9(15)16/h12H,4-7H2,1-3H3,(H,13,14)(H,15,16). The van der Waals surface area contributed by atoms with Gasteiger partial charge >= 0.3 is 5.97 Å². The van der Waals surface area contributed by atoms with Crippen molar-refractivity contribution in [1.29, 1.82) is 0 Å². The summed E-state index contributed by atoms with van der Waals surface area (Å²) in [7, 11) is 0. The van der Waals surface area contributed by atoms with Crippen molar-refractivity contribution in [3.8, 4) is 0 Å². The van der Waals surface area contributed by atoms with Crippen LogP contribution in [0.5, 0.6) is 0 Å². The van der Waals surface area contributed by atoms with Gasteiger partial charge in [0.2, 0.25) is 5.91 Å². The zero-order chi connectivity index (χ0) is 12.4. The van der Waals surface area contributed by atoms with Crippen molar-refractivity contribution >= 4 is 11.9 Å². The van der Waals surface area contributed by atoms with E-state index in [0.717, 1.165) is 19.4 Å². The molecule has 1 heterocycles. The van der Waals surface area contributed by atoms with Gasteiger partial charge in [-0.25, -0.2) is 4.79 Å². The third-order valence-electron chi connectivity index (χ3n) is 3.36. The van der Waals surface area contributed by atoms with Crippen molar-refractivity contribution in [2.45, 2.75) is 39.2 Å². The first kappa shape index (κ1) is 13.0. The van der Waals surface area contributed by atoms with E-state index in [1.165, 1.54) is 13.8 Å². The highest BCUT2D eigenvalue weighted by atomic mass is 16.4. The summed E-state index contributed by atoms with van der Waals surface area (Å²) < 4.78 is 0. The topological polar surface area (TPSA) is 78.4 Å². The predicted molar refractivity (Wildman–Crippen MR) is 60.1 cm³/mol. The number of carboxylic acid groups (broad SMARTS) is 1. The average molecular weight is 228 g/mol. The van der Waals surface area contributed by atoms with Crippen molar-refractivity contribution in [2.75, 3.05) is 13.1 Å². The van der Waals surface area contributed by atoms with Crippen LogP contribution in [-0.4, -0.2) is 35.6 Å². The highest BCUT2D eigenvalue weighted by Crippen LogP contribution is 2.30. The molecule has 3 N–H and O–H groups in total. The second-order valence-electron chi connectivity index (χ2n) is 4.94. The Morgan fingerprint density at radius 1 is 1.50 bits per heavy atom. The van der Waals surface area contributed by atoms with Gasteiger partial charge < -0.3 is 15.7 Å². The fraction of sp³-hybridized carbons (Fsp3) is 0.818. The van der Waals surface area contributed by atoms with Gasteiger partial charge in [0.1, 0.15) is 5.54 Å². The Hall–Kier alpha value is -1.10. The molecule has 5 nitrogen and oxygen atoms in total. The molecule has 1 aliphatic rings. The van der Waals surface area contributed by atoms with Crippen LogP contribution in [0.3, 0.4) is 0 Å². The number of nitrogens with one attached hydrogen (secondary N) is 2. The molecule has 0 aromatic heterocycles. The van der Waals surface area contributed by atoms with Crippen molar-refractivity contribution in [3.63, 3.8) is 0 Å². The largest absolute Gasteiger partial charge is 0.480 e. The lowest BCUT2D eigenvalue weighted by atomic mass is 9.82. The molecule has 1 unspecified atom stereocenters. The molecule has 1 saturated heterocycles. The van der Waals surface area contributed by atoms with Crippen molar-refractivity contribution in [1.82, 2.24) is 10.6 Å². The Kier molecular flexibility index (Phi) is 3.57. The zero-order valence-corrected chi connectivity index (χ0v) is 10.1. The monoisotopic (exact) mass is 228 g/mol. The van der Waals surface area contributed by atoms with E-state index in [4.69, 9.17) is 5.11 Å². The third kappa shape index (κ3) is 2.35. The molecule has 1 fully saturated rings. The molecule has 0 saturated carbocycles. The number of aliphatic carboxylic acids is 1. The Balaban J connectivity index is 2.74. The molecule has 0 radical (unpaired) electrons. The van der Waals surface area contributed by atoms with Gasteiger partial charge in [0.05, 0.1) is 5.41 Å². The van der Waals surface area contributed by atoms with Crippen molar-refractivity contribution in [2.24, 2.45) is 5.41 Å². The molecule has 0 aromatic rings. The number of rotatable bonds is 4. The lowest BCUT2D eigenvalue weighted by molar-refractivity contribution is -0.148. The van der Waals surface area contributed by atoms with Gasteiger partial charge in [-0.15, -0.1) is 0 Å². The Morgan fingerprint density at radius 2 is 2.12 bits per heavy atom. The first-order valence-corrected chi connectivity index (χ1v) is 5.61. The highest BCUT2D eigenvalue weighted by molar-refractivity contribution is 5.89. The molecule has 0 aromatic carbocycles. The van der Waals surface area contributed by atoms with Gasteiger partial charge in [0, 0.05) is 6.54 Å². The smallest absolute Gasteiger partial charge is 0.328 e. The highest BCUT2D eigenvalue weighted by Gasteiger charge is 2.42. The van der Waals surface area contributed by atoms with E-state index in [2.05, 4.69) is 10.6 Å². The first-order chi connectivity index (χ1) is 7.34. The van der Waals surface area contributed by atoms with Crippen LogP contribution in [-0.2, 0) is 9.59 Å². The second-order valence-corrected chi connectivity index (χ2v) is 4.94. The number of carbonyl (C=O) groups excluding carboxylic acids is 1. The summed E-state index contributed by atoms with van der Waals surface area (Å²) in [6.07, 6.45) is 1.49. The molecule has 92 valence electrons. The molecular formula is C11H20N2O3. The van der Waals surface area contributed by atoms with Gasteiger partial charge in [-0.3, -0.25) is 4.79 Å². The van der Waals surface area contributed by atoms with Crippen LogP contribution in [0, 0.1) is 5.41 Å². The van der Waals surface area contributed by atoms with E-state index in [1.807, 2.05) is 6.92 Å². The lowest BCUT2D eigenvalue weighted by Crippen LogP contribution is -2.55. The second kappa shape index (κ2) is 4.41. The van der Waals surface area contributed by atoms with Crippen LogP contribution < -0.4 is 10.6 Å². The summed E-state index contributed by atoms with van der Waals surface area (Å²) in [4.78, 5) is 23.0. The Bertz CT molecular complexity index is 294. The zero-order valence-electron chi connectivity index (χ0n) is 10.1. The maximum absolute atomic E-state index is 12.1. The van der Waals surface area contributed by atoms with Gasteiger partial charge in [0.15, 0.2) is 0 Å². The fourth-order valence-electron chi connectivity index (χ4n) is 1.87. The van der Waals surface area contributed by atoms with Crippen LogP contribution in [0.1, 0.15) is 33.6 Å². The number of hydrogen-bond donors (Lipinski definition) is 3. The maximum Gasteiger partial charge on any atom is 0.328 e. The molecule has 1 amide bonds. The normalized spacial score (nSPS) is 25.4. The number of carboxylic acids is 1. The van der Waals surface area contributed by atoms with E-state index in [9.17, 15) is 9.59 Å². The lowest BCUT2D eigenvalue weighted by Gasteiger charge is -2.30. The average Bonchev–Trinajstić information content (AvgIpc) is 2.66. The number of hydrogen-bond acceptors (Lipinski definition) is 3. The summed E-state index contributed by atoms with van der Waals surface area (Å²) in [6, 6.07) is 0. The molecule has 1 atom stereocenters. The van der Waals surface area contributed by atoms with E-state index in [1.54, 1.807) is 0 Å². The third-order valence-corrected chi connectivity index (χ3v) is 3.36. The van der Waals surface area contributed by atoms with Gasteiger partial charge in [-0.1, -0.05) is 6.92 Å². The Morgan fingerprint density at radius 3 is 2.50 bits per heavy atom. The minimum atomic E-state index is -1.21. The molecule has 0 aliphatic carbocycles. The van der Waals surface area contributed by atoms with Gasteiger partial charge in [0.25, 0.3) is 0 Å². The molecule has 1 rings (SSSR count). The summed E-state index contributed by atoms with van der Waals surface area (Å²) in [5, 5.41) is 14.7. The van der Waals surface area contributed by atoms with Gasteiger partial charge in [-0.2, -0.15) is 0 Å². The van der Waals surface area contributed by atoms with Crippen LogP contribution in [0.2, 0.25) is 0 Å². The van der Waals surface area contributed by atoms with Crippen LogP contribution in [0.15, 0.2) is 0 Å². The van der Waals surface area contributed by atoms with Gasteiger partial charge in [-0.05, 0) is 33.2 Å². The van der Waals surface area contributed by atoms with Crippen LogP contribution in [0.25, 0.3) is 0 Å². The minimum Gasteiger partial charge on any atom is -0.480 e. The molecule has 16 heavy (non-hydrogen) atoms. The SMILES string of the molecule is CCC1(C(=O)NC(C)(C)C(=O)O)CCNC1. The molecule has 5 heteroatoms. The van der Waals surface area contributed by atoms with Crippen LogP contribution >= 0.6 is 0 Å². The molecule has 0 spiro atoms. The minimum absolute atomic E-state index is 0.160. The quantitative estimate of drug-likeness (QED) is 0.649. The molecular weight excluding hydrogens is 208 g/mol. The first-order valence-electron chi connectivity index (χ1n) is 5.61. The van der Waals surface area contributed by atoms with Crippen LogP contribution in [0.4, 0.5) is 0 Å². The molecule has 1 aliphatic heterocycles. The maximum atomic E-state index is 12.1. The predicted octanol–water partition coefficient (Wildman–Crippen LogP) is 0.355. The summed E-state index contributed by atoms with van der Waals surface area (Å²) in [5.41, 5.74) is -1.64. The van der Waals surface area contributed by atoms with Crippen molar-refractivity contribution < 1.29 is 14.7 Å². The van der Waals surface area contributed by atoms with E-state index in [-0.39, 0.29) is 5.91 Å².